The standard InChI is InChI=1S/C15H13ClN2O3/c1-9(13(19)20)8-12-17-14(18-21-12)15(6-7-15)10-2-4-11(16)5-3-10/h2-5H,1,6-8H2,(H,19,20). The molecule has 0 spiro atoms. The van der Waals surface area contributed by atoms with Gasteiger partial charge in [-0.3, -0.25) is 0 Å². The molecular weight excluding hydrogens is 292 g/mol. The highest BCUT2D eigenvalue weighted by Gasteiger charge is 2.49. The molecule has 6 heteroatoms. The van der Waals surface area contributed by atoms with Gasteiger partial charge >= 0.3 is 5.97 Å². The molecule has 5 nitrogen and oxygen atoms in total. The molecular formula is C15H13ClN2O3. The average Bonchev–Trinajstić information content (AvgIpc) is 3.13. The van der Waals surface area contributed by atoms with E-state index >= 15 is 0 Å². The summed E-state index contributed by atoms with van der Waals surface area (Å²) in [5.41, 5.74) is 0.898. The molecule has 0 atom stereocenters. The first kappa shape index (κ1) is 13.8. The third-order valence-electron chi connectivity index (χ3n) is 3.71. The predicted molar refractivity (Wildman–Crippen MR) is 76.2 cm³/mol. The fraction of sp³-hybridized carbons (Fsp3) is 0.267. The SMILES string of the molecule is C=C(Cc1nc(C2(c3ccc(Cl)cc3)CC2)no1)C(=O)O. The van der Waals surface area contributed by atoms with E-state index in [0.717, 1.165) is 18.4 Å². The summed E-state index contributed by atoms with van der Waals surface area (Å²) in [7, 11) is 0. The van der Waals surface area contributed by atoms with E-state index in [4.69, 9.17) is 21.2 Å². The van der Waals surface area contributed by atoms with Gasteiger partial charge in [0.05, 0.1) is 11.8 Å². The molecule has 1 aliphatic carbocycles. The molecule has 1 aromatic heterocycles. The molecule has 1 saturated carbocycles. The summed E-state index contributed by atoms with van der Waals surface area (Å²) in [6.45, 7) is 3.46. The number of hydrogen-bond donors (Lipinski definition) is 1. The minimum atomic E-state index is -1.06. The van der Waals surface area contributed by atoms with E-state index in [2.05, 4.69) is 16.7 Å². The molecule has 21 heavy (non-hydrogen) atoms. The Hall–Kier alpha value is -2.14. The molecule has 2 aromatic rings. The number of aromatic nitrogens is 2. The molecule has 0 aliphatic heterocycles. The van der Waals surface area contributed by atoms with Crippen LogP contribution in [-0.4, -0.2) is 21.2 Å². The topological polar surface area (TPSA) is 76.2 Å². The number of aliphatic carboxylic acids is 1. The van der Waals surface area contributed by atoms with Crippen LogP contribution in [-0.2, 0) is 16.6 Å². The summed E-state index contributed by atoms with van der Waals surface area (Å²) < 4.78 is 5.15. The summed E-state index contributed by atoms with van der Waals surface area (Å²) >= 11 is 5.90. The van der Waals surface area contributed by atoms with Crippen molar-refractivity contribution in [1.82, 2.24) is 10.1 Å². The molecule has 1 heterocycles. The maximum atomic E-state index is 10.8. The molecule has 1 aromatic carbocycles. The van der Waals surface area contributed by atoms with Gasteiger partial charge in [0.25, 0.3) is 0 Å². The van der Waals surface area contributed by atoms with E-state index in [1.807, 2.05) is 24.3 Å². The molecule has 1 N–H and O–H groups in total. The maximum absolute atomic E-state index is 10.8. The lowest BCUT2D eigenvalue weighted by molar-refractivity contribution is -0.132. The van der Waals surface area contributed by atoms with E-state index in [1.54, 1.807) is 0 Å². The van der Waals surface area contributed by atoms with E-state index in [0.29, 0.717) is 10.8 Å². The molecule has 0 amide bonds. The zero-order chi connectivity index (χ0) is 15.0. The number of carbonyl (C=O) groups is 1. The van der Waals surface area contributed by atoms with Crippen molar-refractivity contribution in [3.63, 3.8) is 0 Å². The van der Waals surface area contributed by atoms with Crippen LogP contribution in [0.1, 0.15) is 30.1 Å². The van der Waals surface area contributed by atoms with Gasteiger partial charge in [-0.1, -0.05) is 35.5 Å². The maximum Gasteiger partial charge on any atom is 0.331 e. The second-order valence-electron chi connectivity index (χ2n) is 5.19. The number of carboxylic acids is 1. The molecule has 0 bridgehead atoms. The molecule has 1 aliphatic rings. The van der Waals surface area contributed by atoms with Gasteiger partial charge in [0.1, 0.15) is 0 Å². The Morgan fingerprint density at radius 3 is 2.62 bits per heavy atom. The number of nitrogens with zero attached hydrogens (tertiary/aromatic N) is 2. The van der Waals surface area contributed by atoms with Crippen LogP contribution in [0.25, 0.3) is 0 Å². The van der Waals surface area contributed by atoms with Gasteiger partial charge < -0.3 is 9.63 Å². The van der Waals surface area contributed by atoms with Crippen molar-refractivity contribution in [2.45, 2.75) is 24.7 Å². The van der Waals surface area contributed by atoms with Crippen molar-refractivity contribution in [3.05, 3.63) is 58.7 Å². The van der Waals surface area contributed by atoms with Gasteiger partial charge in [0.2, 0.25) is 5.89 Å². The lowest BCUT2D eigenvalue weighted by Crippen LogP contribution is -2.11. The van der Waals surface area contributed by atoms with Gasteiger partial charge in [-0.25, -0.2) is 4.79 Å². The normalized spacial score (nSPS) is 15.7. The molecule has 0 unspecified atom stereocenters. The van der Waals surface area contributed by atoms with Gasteiger partial charge in [0.15, 0.2) is 5.82 Å². The Kier molecular flexibility index (Phi) is 3.29. The van der Waals surface area contributed by atoms with Crippen molar-refractivity contribution in [3.8, 4) is 0 Å². The van der Waals surface area contributed by atoms with Crippen molar-refractivity contribution in [2.75, 3.05) is 0 Å². The molecule has 3 rings (SSSR count). The molecule has 1 fully saturated rings. The fourth-order valence-corrected chi connectivity index (χ4v) is 2.44. The first-order chi connectivity index (χ1) is 10.0. The van der Waals surface area contributed by atoms with E-state index < -0.39 is 5.97 Å². The van der Waals surface area contributed by atoms with Crippen molar-refractivity contribution >= 4 is 17.6 Å². The Morgan fingerprint density at radius 1 is 1.38 bits per heavy atom. The fourth-order valence-electron chi connectivity index (χ4n) is 2.31. The van der Waals surface area contributed by atoms with Gasteiger partial charge in [-0.2, -0.15) is 4.98 Å². The summed E-state index contributed by atoms with van der Waals surface area (Å²) in [4.78, 5) is 15.1. The lowest BCUT2D eigenvalue weighted by Gasteiger charge is -2.10. The van der Waals surface area contributed by atoms with Crippen LogP contribution in [0.5, 0.6) is 0 Å². The highest BCUT2D eigenvalue weighted by atomic mass is 35.5. The molecule has 0 saturated heterocycles. The van der Waals surface area contributed by atoms with Crippen molar-refractivity contribution in [2.24, 2.45) is 0 Å². The van der Waals surface area contributed by atoms with Crippen LogP contribution in [0.15, 0.2) is 40.9 Å². The van der Waals surface area contributed by atoms with E-state index in [1.165, 1.54) is 0 Å². The van der Waals surface area contributed by atoms with Crippen molar-refractivity contribution in [1.29, 1.82) is 0 Å². The minimum Gasteiger partial charge on any atom is -0.478 e. The lowest BCUT2D eigenvalue weighted by atomic mass is 9.95. The minimum absolute atomic E-state index is 0.0292. The summed E-state index contributed by atoms with van der Waals surface area (Å²) in [6.07, 6.45) is 1.93. The summed E-state index contributed by atoms with van der Waals surface area (Å²) in [6, 6.07) is 7.59. The predicted octanol–water partition coefficient (Wildman–Crippen LogP) is 2.99. The summed E-state index contributed by atoms with van der Waals surface area (Å²) in [5, 5.41) is 13.5. The smallest absolute Gasteiger partial charge is 0.331 e. The van der Waals surface area contributed by atoms with Crippen LogP contribution in [0.4, 0.5) is 0 Å². The average molecular weight is 305 g/mol. The van der Waals surface area contributed by atoms with Gasteiger partial charge in [-0.05, 0) is 30.5 Å². The Bertz CT molecular complexity index is 702. The van der Waals surface area contributed by atoms with Crippen LogP contribution in [0.2, 0.25) is 5.02 Å². The van der Waals surface area contributed by atoms with Gasteiger partial charge in [0, 0.05) is 10.6 Å². The number of hydrogen-bond acceptors (Lipinski definition) is 4. The first-order valence-corrected chi connectivity index (χ1v) is 6.89. The molecule has 0 radical (unpaired) electrons. The zero-order valence-corrected chi connectivity index (χ0v) is 11.9. The molecule has 108 valence electrons. The summed E-state index contributed by atoms with van der Waals surface area (Å²) in [5.74, 6) is -0.191. The van der Waals surface area contributed by atoms with Crippen LogP contribution in [0.3, 0.4) is 0 Å². The van der Waals surface area contributed by atoms with Crippen LogP contribution < -0.4 is 0 Å². The van der Waals surface area contributed by atoms with E-state index in [-0.39, 0.29) is 23.3 Å². The Balaban J connectivity index is 1.84. The van der Waals surface area contributed by atoms with Crippen LogP contribution in [0, 0.1) is 0 Å². The van der Waals surface area contributed by atoms with E-state index in [9.17, 15) is 4.79 Å². The highest BCUT2D eigenvalue weighted by Crippen LogP contribution is 2.52. The van der Waals surface area contributed by atoms with Crippen LogP contribution >= 0.6 is 11.6 Å². The van der Waals surface area contributed by atoms with Gasteiger partial charge in [-0.15, -0.1) is 0 Å². The second kappa shape index (κ2) is 5.00. The first-order valence-electron chi connectivity index (χ1n) is 6.51. The zero-order valence-electron chi connectivity index (χ0n) is 11.2. The highest BCUT2D eigenvalue weighted by molar-refractivity contribution is 6.30. The van der Waals surface area contributed by atoms with Crippen molar-refractivity contribution < 1.29 is 14.4 Å². The monoisotopic (exact) mass is 304 g/mol. The number of benzene rings is 1. The number of carboxylic acid groups (broad SMARTS) is 1. The largest absolute Gasteiger partial charge is 0.478 e. The third-order valence-corrected chi connectivity index (χ3v) is 3.96. The number of halogens is 1. The third kappa shape index (κ3) is 2.56. The second-order valence-corrected chi connectivity index (χ2v) is 5.62. The number of rotatable bonds is 5. The Morgan fingerprint density at radius 2 is 2.05 bits per heavy atom. The Labute approximate surface area is 126 Å². The quantitative estimate of drug-likeness (QED) is 0.859.